The third kappa shape index (κ3) is 3.34. The molecule has 1 aliphatic heterocycles. The summed E-state index contributed by atoms with van der Waals surface area (Å²) in [6.45, 7) is 1.19. The lowest BCUT2D eigenvalue weighted by Gasteiger charge is -2.34. The standard InChI is InChI=1S/C17H16F2N2O4S/c1-2-26(23,24)21-10-15(25-14-9-4-3-8-13(14)21)17(22)20-16-11(18)6-5-7-12(16)19/h3-9,15H,2,10H2,1H3,(H,20,22)/t15-/m1/s1. The van der Waals surface area contributed by atoms with Gasteiger partial charge in [-0.2, -0.15) is 0 Å². The molecule has 0 aliphatic carbocycles. The van der Waals surface area contributed by atoms with Crippen LogP contribution in [0.3, 0.4) is 0 Å². The van der Waals surface area contributed by atoms with Gasteiger partial charge >= 0.3 is 0 Å². The quantitative estimate of drug-likeness (QED) is 0.882. The van der Waals surface area contributed by atoms with Crippen LogP contribution < -0.4 is 14.4 Å². The zero-order valence-corrected chi connectivity index (χ0v) is 14.6. The Morgan fingerprint density at radius 1 is 1.19 bits per heavy atom. The molecule has 0 aromatic heterocycles. The summed E-state index contributed by atoms with van der Waals surface area (Å²) in [5.41, 5.74) is -0.291. The summed E-state index contributed by atoms with van der Waals surface area (Å²) >= 11 is 0. The number of fused-ring (bicyclic) bond motifs is 1. The van der Waals surface area contributed by atoms with Gasteiger partial charge in [-0.25, -0.2) is 17.2 Å². The van der Waals surface area contributed by atoms with Gasteiger partial charge in [-0.15, -0.1) is 0 Å². The lowest BCUT2D eigenvalue weighted by Crippen LogP contribution is -2.49. The Kier molecular flexibility index (Phi) is 4.82. The molecule has 0 bridgehead atoms. The predicted octanol–water partition coefficient (Wildman–Crippen LogP) is 2.52. The van der Waals surface area contributed by atoms with Gasteiger partial charge in [0.1, 0.15) is 23.1 Å². The van der Waals surface area contributed by atoms with Crippen molar-refractivity contribution in [3.05, 3.63) is 54.1 Å². The van der Waals surface area contributed by atoms with Gasteiger partial charge in [-0.1, -0.05) is 18.2 Å². The highest BCUT2D eigenvalue weighted by molar-refractivity contribution is 7.92. The average Bonchev–Trinajstić information content (AvgIpc) is 2.63. The van der Waals surface area contributed by atoms with Gasteiger partial charge in [0, 0.05) is 0 Å². The molecule has 1 amide bonds. The molecule has 6 nitrogen and oxygen atoms in total. The fourth-order valence-corrected chi connectivity index (χ4v) is 3.70. The molecule has 2 aromatic carbocycles. The first-order valence-corrected chi connectivity index (χ1v) is 9.45. The van der Waals surface area contributed by atoms with Crippen molar-refractivity contribution in [1.82, 2.24) is 0 Å². The van der Waals surface area contributed by atoms with Crippen molar-refractivity contribution < 1.29 is 26.7 Å². The van der Waals surface area contributed by atoms with E-state index in [-0.39, 0.29) is 18.0 Å². The van der Waals surface area contributed by atoms with Crippen molar-refractivity contribution in [2.45, 2.75) is 13.0 Å². The second-order valence-electron chi connectivity index (χ2n) is 5.59. The maximum atomic E-state index is 13.7. The van der Waals surface area contributed by atoms with Gasteiger partial charge in [-0.05, 0) is 31.2 Å². The molecule has 3 rings (SSSR count). The van der Waals surface area contributed by atoms with Crippen molar-refractivity contribution in [3.8, 4) is 5.75 Å². The van der Waals surface area contributed by atoms with E-state index in [1.165, 1.54) is 19.1 Å². The molecule has 0 saturated heterocycles. The minimum atomic E-state index is -3.67. The van der Waals surface area contributed by atoms with E-state index in [4.69, 9.17) is 4.74 Å². The molecule has 1 heterocycles. The fraction of sp³-hybridized carbons (Fsp3) is 0.235. The van der Waals surface area contributed by atoms with Crippen LogP contribution in [0.5, 0.6) is 5.75 Å². The number of hydrogen-bond acceptors (Lipinski definition) is 4. The molecule has 1 atom stereocenters. The molecular weight excluding hydrogens is 366 g/mol. The molecule has 9 heteroatoms. The summed E-state index contributed by atoms with van der Waals surface area (Å²) in [5.74, 6) is -2.69. The minimum Gasteiger partial charge on any atom is -0.476 e. The number of carbonyl (C=O) groups excluding carboxylic acids is 1. The van der Waals surface area contributed by atoms with E-state index < -0.39 is 39.4 Å². The molecule has 0 saturated carbocycles. The Hall–Kier alpha value is -2.68. The number of amides is 1. The number of benzene rings is 2. The maximum Gasteiger partial charge on any atom is 0.267 e. The molecule has 1 N–H and O–H groups in total. The molecule has 0 fully saturated rings. The number of nitrogens with zero attached hydrogens (tertiary/aromatic N) is 1. The highest BCUT2D eigenvalue weighted by Crippen LogP contribution is 2.35. The van der Waals surface area contributed by atoms with Gasteiger partial charge in [0.2, 0.25) is 10.0 Å². The number of para-hydroxylation sites is 3. The van der Waals surface area contributed by atoms with E-state index in [1.54, 1.807) is 18.2 Å². The number of sulfonamides is 1. The second kappa shape index (κ2) is 6.91. The van der Waals surface area contributed by atoms with Crippen molar-refractivity contribution in [1.29, 1.82) is 0 Å². The molecule has 0 spiro atoms. The lowest BCUT2D eigenvalue weighted by atomic mass is 10.2. The topological polar surface area (TPSA) is 75.7 Å². The monoisotopic (exact) mass is 382 g/mol. The van der Waals surface area contributed by atoms with Crippen LogP contribution in [0, 0.1) is 11.6 Å². The first kappa shape index (κ1) is 18.1. The Labute approximate surface area is 149 Å². The Balaban J connectivity index is 1.91. The van der Waals surface area contributed by atoms with E-state index in [1.807, 2.05) is 0 Å². The smallest absolute Gasteiger partial charge is 0.267 e. The molecule has 2 aromatic rings. The summed E-state index contributed by atoms with van der Waals surface area (Å²) in [6, 6.07) is 9.54. The van der Waals surface area contributed by atoms with Crippen molar-refractivity contribution in [2.24, 2.45) is 0 Å². The second-order valence-corrected chi connectivity index (χ2v) is 7.77. The summed E-state index contributed by atoms with van der Waals surface area (Å²) in [6.07, 6.45) is -1.26. The predicted molar refractivity (Wildman–Crippen MR) is 92.7 cm³/mol. The number of ether oxygens (including phenoxy) is 1. The molecule has 0 radical (unpaired) electrons. The Bertz CT molecular complexity index is 929. The third-order valence-corrected chi connectivity index (χ3v) is 5.69. The van der Waals surface area contributed by atoms with Crippen molar-refractivity contribution >= 4 is 27.3 Å². The van der Waals surface area contributed by atoms with Crippen molar-refractivity contribution in [3.63, 3.8) is 0 Å². The number of hydrogen-bond donors (Lipinski definition) is 1. The van der Waals surface area contributed by atoms with Crippen LogP contribution in [0.15, 0.2) is 42.5 Å². The maximum absolute atomic E-state index is 13.7. The Morgan fingerprint density at radius 2 is 1.85 bits per heavy atom. The molecule has 1 aliphatic rings. The number of carbonyl (C=O) groups is 1. The van der Waals surface area contributed by atoms with E-state index in [9.17, 15) is 22.0 Å². The van der Waals surface area contributed by atoms with Gasteiger partial charge in [0.15, 0.2) is 6.10 Å². The van der Waals surface area contributed by atoms with Crippen molar-refractivity contribution in [2.75, 3.05) is 21.9 Å². The van der Waals surface area contributed by atoms with Gasteiger partial charge in [-0.3, -0.25) is 9.10 Å². The number of halogens is 2. The van der Waals surface area contributed by atoms with Crippen LogP contribution in [-0.2, 0) is 14.8 Å². The van der Waals surface area contributed by atoms with E-state index in [0.29, 0.717) is 5.69 Å². The molecule has 0 unspecified atom stereocenters. The first-order valence-electron chi connectivity index (χ1n) is 7.84. The summed E-state index contributed by atoms with van der Waals surface area (Å²) in [4.78, 5) is 12.5. The van der Waals surface area contributed by atoms with Gasteiger partial charge < -0.3 is 10.1 Å². The number of rotatable bonds is 4. The zero-order valence-electron chi connectivity index (χ0n) is 13.8. The van der Waals surface area contributed by atoms with Crippen LogP contribution >= 0.6 is 0 Å². The summed E-state index contributed by atoms with van der Waals surface area (Å²) in [7, 11) is -3.67. The molecular formula is C17H16F2N2O4S. The number of nitrogens with one attached hydrogen (secondary N) is 1. The fourth-order valence-electron chi connectivity index (χ4n) is 2.58. The van der Waals surface area contributed by atoms with E-state index >= 15 is 0 Å². The summed E-state index contributed by atoms with van der Waals surface area (Å²) in [5, 5.41) is 2.13. The van der Waals surface area contributed by atoms with Crippen LogP contribution in [0.1, 0.15) is 6.92 Å². The average molecular weight is 382 g/mol. The molecule has 26 heavy (non-hydrogen) atoms. The van der Waals surface area contributed by atoms with Gasteiger partial charge in [0.05, 0.1) is 18.0 Å². The van der Waals surface area contributed by atoms with Gasteiger partial charge in [0.25, 0.3) is 5.91 Å². The zero-order chi connectivity index (χ0) is 18.9. The first-order chi connectivity index (χ1) is 12.3. The van der Waals surface area contributed by atoms with E-state index in [2.05, 4.69) is 5.32 Å². The third-order valence-electron chi connectivity index (χ3n) is 3.94. The SMILES string of the molecule is CCS(=O)(=O)N1C[C@H](C(=O)Nc2c(F)cccc2F)Oc2ccccc21. The minimum absolute atomic E-state index is 0.169. The number of anilines is 2. The largest absolute Gasteiger partial charge is 0.476 e. The van der Waals surface area contributed by atoms with Crippen LogP contribution in [0.4, 0.5) is 20.2 Å². The van der Waals surface area contributed by atoms with Crippen LogP contribution in [0.25, 0.3) is 0 Å². The highest BCUT2D eigenvalue weighted by atomic mass is 32.2. The Morgan fingerprint density at radius 3 is 2.50 bits per heavy atom. The van der Waals surface area contributed by atoms with Crippen LogP contribution in [0.2, 0.25) is 0 Å². The highest BCUT2D eigenvalue weighted by Gasteiger charge is 2.36. The normalized spacial score (nSPS) is 16.6. The molecule has 138 valence electrons. The van der Waals surface area contributed by atoms with E-state index in [0.717, 1.165) is 16.4 Å². The lowest BCUT2D eigenvalue weighted by molar-refractivity contribution is -0.122. The van der Waals surface area contributed by atoms with Crippen LogP contribution in [-0.4, -0.2) is 32.7 Å². The summed E-state index contributed by atoms with van der Waals surface area (Å²) < 4.78 is 58.8.